The molecule has 0 spiro atoms. The van der Waals surface area contributed by atoms with Crippen LogP contribution in [0.4, 0.5) is 0 Å². The van der Waals surface area contributed by atoms with Gasteiger partial charge in [0.15, 0.2) is 6.29 Å². The van der Waals surface area contributed by atoms with E-state index in [4.69, 9.17) is 26.7 Å². The Morgan fingerprint density at radius 1 is 1.03 bits per heavy atom. The highest BCUT2D eigenvalue weighted by Gasteiger charge is 2.49. The fourth-order valence-corrected chi connectivity index (χ4v) is 3.85. The van der Waals surface area contributed by atoms with Crippen molar-refractivity contribution in [1.82, 2.24) is 5.32 Å². The minimum absolute atomic E-state index is 0.121. The number of carbonyl (C=O) groups is 1. The lowest BCUT2D eigenvalue weighted by Gasteiger charge is -2.46. The number of hydrogen-bond donors (Lipinski definition) is 8. The first-order valence-corrected chi connectivity index (χ1v) is 9.85. The van der Waals surface area contributed by atoms with Gasteiger partial charge in [-0.3, -0.25) is 4.79 Å². The third-order valence-electron chi connectivity index (χ3n) is 5.65. The van der Waals surface area contributed by atoms with Gasteiger partial charge in [0.05, 0.1) is 6.10 Å². The fourth-order valence-electron chi connectivity index (χ4n) is 3.85. The van der Waals surface area contributed by atoms with Crippen molar-refractivity contribution in [3.05, 3.63) is 35.9 Å². The maximum atomic E-state index is 12.6. The van der Waals surface area contributed by atoms with Gasteiger partial charge < -0.3 is 52.4 Å². The highest BCUT2D eigenvalue weighted by molar-refractivity contribution is 5.94. The standard InChI is InChI=1S/C19H30N4O7/c20-7-11-14(25)15(26)12(23-18(28)8-4-2-1-3-5-8)19(29-11)30-17-10(22)6-9(21)13(24)16(17)27/h1-5,9-17,19,24-27H,6-7,20-22H2,(H,23,28)/t9-,10+,11-,12+,13-,14+,15+,16-,17+,19+/m0/s1. The maximum Gasteiger partial charge on any atom is 0.251 e. The Hall–Kier alpha value is -1.67. The van der Waals surface area contributed by atoms with Crippen molar-refractivity contribution in [3.8, 4) is 0 Å². The van der Waals surface area contributed by atoms with Crippen LogP contribution in [0.2, 0.25) is 0 Å². The van der Waals surface area contributed by atoms with E-state index >= 15 is 0 Å². The number of benzene rings is 1. The van der Waals surface area contributed by atoms with Crippen LogP contribution in [0, 0.1) is 0 Å². The highest BCUT2D eigenvalue weighted by Crippen LogP contribution is 2.28. The van der Waals surface area contributed by atoms with E-state index in [1.54, 1.807) is 30.3 Å². The lowest BCUT2D eigenvalue weighted by atomic mass is 9.84. The molecule has 1 aliphatic heterocycles. The molecule has 11 heteroatoms. The summed E-state index contributed by atoms with van der Waals surface area (Å²) < 4.78 is 11.5. The van der Waals surface area contributed by atoms with Gasteiger partial charge in [-0.15, -0.1) is 0 Å². The summed E-state index contributed by atoms with van der Waals surface area (Å²) in [5.41, 5.74) is 17.8. The summed E-state index contributed by atoms with van der Waals surface area (Å²) in [4.78, 5) is 12.6. The average molecular weight is 426 g/mol. The Bertz CT molecular complexity index is 711. The van der Waals surface area contributed by atoms with Crippen LogP contribution in [0.15, 0.2) is 30.3 Å². The van der Waals surface area contributed by atoms with Gasteiger partial charge in [-0.1, -0.05) is 18.2 Å². The topological polar surface area (TPSA) is 207 Å². The minimum Gasteiger partial charge on any atom is -0.389 e. The number of amides is 1. The Labute approximate surface area is 173 Å². The van der Waals surface area contributed by atoms with E-state index in [1.165, 1.54) is 0 Å². The number of aliphatic hydroxyl groups excluding tert-OH is 4. The van der Waals surface area contributed by atoms with Gasteiger partial charge in [0.25, 0.3) is 5.91 Å². The van der Waals surface area contributed by atoms with Gasteiger partial charge in [0.1, 0.15) is 36.6 Å². The lowest BCUT2D eigenvalue weighted by Crippen LogP contribution is -2.68. The van der Waals surface area contributed by atoms with E-state index < -0.39 is 66.9 Å². The predicted octanol–water partition coefficient (Wildman–Crippen LogP) is -3.64. The van der Waals surface area contributed by atoms with Crippen molar-refractivity contribution >= 4 is 5.91 Å². The van der Waals surface area contributed by atoms with E-state index in [9.17, 15) is 25.2 Å². The molecular formula is C19H30N4O7. The average Bonchev–Trinajstić information content (AvgIpc) is 2.74. The van der Waals surface area contributed by atoms with Crippen LogP contribution in [0.5, 0.6) is 0 Å². The van der Waals surface area contributed by atoms with E-state index in [2.05, 4.69) is 5.32 Å². The molecule has 2 fully saturated rings. The molecule has 168 valence electrons. The van der Waals surface area contributed by atoms with Crippen molar-refractivity contribution in [1.29, 1.82) is 0 Å². The Balaban J connectivity index is 1.81. The number of ether oxygens (including phenoxy) is 2. The van der Waals surface area contributed by atoms with Crippen molar-refractivity contribution in [3.63, 3.8) is 0 Å². The van der Waals surface area contributed by atoms with Crippen molar-refractivity contribution in [2.24, 2.45) is 17.2 Å². The molecule has 1 saturated carbocycles. The van der Waals surface area contributed by atoms with Gasteiger partial charge in [-0.2, -0.15) is 0 Å². The summed E-state index contributed by atoms with van der Waals surface area (Å²) in [5, 5.41) is 44.0. The smallest absolute Gasteiger partial charge is 0.251 e. The molecule has 11 N–H and O–H groups in total. The largest absolute Gasteiger partial charge is 0.389 e. The van der Waals surface area contributed by atoms with Gasteiger partial charge in [-0.25, -0.2) is 0 Å². The Kier molecular flexibility index (Phi) is 7.39. The first kappa shape index (κ1) is 23.0. The molecule has 0 unspecified atom stereocenters. The van der Waals surface area contributed by atoms with Gasteiger partial charge in [-0.05, 0) is 18.6 Å². The number of hydrogen-bond acceptors (Lipinski definition) is 10. The summed E-state index contributed by atoms with van der Waals surface area (Å²) in [7, 11) is 0. The minimum atomic E-state index is -1.46. The van der Waals surface area contributed by atoms with E-state index in [1.807, 2.05) is 0 Å². The third-order valence-corrected chi connectivity index (χ3v) is 5.65. The van der Waals surface area contributed by atoms with Gasteiger partial charge >= 0.3 is 0 Å². The van der Waals surface area contributed by atoms with Crippen LogP contribution in [-0.2, 0) is 9.47 Å². The summed E-state index contributed by atoms with van der Waals surface area (Å²) in [6, 6.07) is 5.63. The molecule has 0 aromatic heterocycles. The molecule has 1 aliphatic carbocycles. The number of carbonyl (C=O) groups excluding carboxylic acids is 1. The molecule has 11 nitrogen and oxygen atoms in total. The first-order valence-electron chi connectivity index (χ1n) is 9.85. The van der Waals surface area contributed by atoms with Crippen LogP contribution in [0.3, 0.4) is 0 Å². The quantitative estimate of drug-likeness (QED) is 0.232. The zero-order valence-corrected chi connectivity index (χ0v) is 16.3. The molecule has 1 heterocycles. The number of rotatable bonds is 5. The van der Waals surface area contributed by atoms with Crippen molar-refractivity contribution < 1.29 is 34.7 Å². The SMILES string of the molecule is NC[C@@H]1O[C@H](O[C@H]2[C@@H](O)[C@@H](O)[C@@H](N)C[C@H]2N)[C@H](NC(=O)c2ccccc2)[C@@H](O)[C@@H]1O. The molecular weight excluding hydrogens is 396 g/mol. The van der Waals surface area contributed by atoms with Crippen molar-refractivity contribution in [2.45, 2.75) is 67.5 Å². The van der Waals surface area contributed by atoms with E-state index in [-0.39, 0.29) is 13.0 Å². The van der Waals surface area contributed by atoms with Crippen LogP contribution >= 0.6 is 0 Å². The molecule has 0 bridgehead atoms. The zero-order valence-electron chi connectivity index (χ0n) is 16.3. The van der Waals surface area contributed by atoms with E-state index in [0.717, 1.165) is 0 Å². The highest BCUT2D eigenvalue weighted by atomic mass is 16.7. The second-order valence-electron chi connectivity index (χ2n) is 7.77. The number of nitrogens with two attached hydrogens (primary N) is 3. The summed E-state index contributed by atoms with van der Waals surface area (Å²) >= 11 is 0. The molecule has 3 rings (SSSR count). The van der Waals surface area contributed by atoms with Crippen LogP contribution < -0.4 is 22.5 Å². The summed E-state index contributed by atoms with van der Waals surface area (Å²) in [6.45, 7) is -0.121. The normalized spacial score (nSPS) is 42.0. The predicted molar refractivity (Wildman–Crippen MR) is 105 cm³/mol. The number of aliphatic hydroxyl groups is 4. The van der Waals surface area contributed by atoms with Crippen LogP contribution in [0.25, 0.3) is 0 Å². The first-order chi connectivity index (χ1) is 14.2. The maximum absolute atomic E-state index is 12.6. The zero-order chi connectivity index (χ0) is 22.0. The Morgan fingerprint density at radius 3 is 2.33 bits per heavy atom. The second-order valence-corrected chi connectivity index (χ2v) is 7.77. The molecule has 1 aromatic carbocycles. The molecule has 0 radical (unpaired) electrons. The fraction of sp³-hybridized carbons (Fsp3) is 0.632. The van der Waals surface area contributed by atoms with Gasteiger partial charge in [0.2, 0.25) is 0 Å². The molecule has 1 saturated heterocycles. The van der Waals surface area contributed by atoms with E-state index in [0.29, 0.717) is 5.56 Å². The summed E-state index contributed by atoms with van der Waals surface area (Å²) in [6.07, 6.45) is -8.68. The summed E-state index contributed by atoms with van der Waals surface area (Å²) in [5.74, 6) is -0.522. The van der Waals surface area contributed by atoms with Crippen molar-refractivity contribution in [2.75, 3.05) is 6.54 Å². The lowest BCUT2D eigenvalue weighted by molar-refractivity contribution is -0.290. The number of nitrogens with one attached hydrogen (secondary N) is 1. The van der Waals surface area contributed by atoms with Gasteiger partial charge in [0, 0.05) is 24.2 Å². The van der Waals surface area contributed by atoms with Crippen LogP contribution in [-0.4, -0.2) is 93.9 Å². The third kappa shape index (κ3) is 4.64. The second kappa shape index (κ2) is 9.64. The molecule has 1 aromatic rings. The van der Waals surface area contributed by atoms with Crippen LogP contribution in [0.1, 0.15) is 16.8 Å². The molecule has 1 amide bonds. The Morgan fingerprint density at radius 2 is 1.70 bits per heavy atom. The monoisotopic (exact) mass is 426 g/mol. The molecule has 10 atom stereocenters. The molecule has 2 aliphatic rings. The molecule has 30 heavy (non-hydrogen) atoms.